The standard InChI is InChI=1S/C16H32N2/c1-3-7-16(8-9-16)13-18-11-6-14(2)15-5-4-10-17-12-15/h14-15,17-18H,3-13H2,1-2H3. The number of rotatable bonds is 8. The second-order valence-electron chi connectivity index (χ2n) is 6.80. The second-order valence-corrected chi connectivity index (χ2v) is 6.80. The third-order valence-electron chi connectivity index (χ3n) is 5.15. The Hall–Kier alpha value is -0.0800. The van der Waals surface area contributed by atoms with Crippen LogP contribution in [0.3, 0.4) is 0 Å². The van der Waals surface area contributed by atoms with E-state index < -0.39 is 0 Å². The molecule has 2 unspecified atom stereocenters. The molecule has 2 rings (SSSR count). The lowest BCUT2D eigenvalue weighted by atomic mass is 9.85. The Morgan fingerprint density at radius 2 is 2.22 bits per heavy atom. The van der Waals surface area contributed by atoms with E-state index in [1.165, 1.54) is 71.1 Å². The molecular weight excluding hydrogens is 220 g/mol. The highest BCUT2D eigenvalue weighted by molar-refractivity contribution is 4.94. The highest BCUT2D eigenvalue weighted by Gasteiger charge is 2.40. The molecule has 0 aromatic rings. The van der Waals surface area contributed by atoms with Crippen LogP contribution >= 0.6 is 0 Å². The molecule has 1 saturated carbocycles. The molecule has 18 heavy (non-hydrogen) atoms. The summed E-state index contributed by atoms with van der Waals surface area (Å²) in [5, 5.41) is 7.26. The molecule has 2 nitrogen and oxygen atoms in total. The van der Waals surface area contributed by atoms with E-state index in [2.05, 4.69) is 24.5 Å². The smallest absolute Gasteiger partial charge is 0.000781 e. The van der Waals surface area contributed by atoms with E-state index >= 15 is 0 Å². The Morgan fingerprint density at radius 3 is 2.83 bits per heavy atom. The first-order valence-corrected chi connectivity index (χ1v) is 8.17. The normalized spacial score (nSPS) is 28.0. The summed E-state index contributed by atoms with van der Waals surface area (Å²) in [4.78, 5) is 0. The molecule has 2 atom stereocenters. The highest BCUT2D eigenvalue weighted by Crippen LogP contribution is 2.48. The minimum Gasteiger partial charge on any atom is -0.316 e. The average molecular weight is 252 g/mol. The number of hydrogen-bond donors (Lipinski definition) is 2. The molecule has 1 aliphatic carbocycles. The van der Waals surface area contributed by atoms with E-state index in [1.54, 1.807) is 0 Å². The minimum atomic E-state index is 0.713. The molecule has 0 bridgehead atoms. The van der Waals surface area contributed by atoms with Gasteiger partial charge in [-0.25, -0.2) is 0 Å². The average Bonchev–Trinajstić information content (AvgIpc) is 3.16. The van der Waals surface area contributed by atoms with Crippen LogP contribution in [0.25, 0.3) is 0 Å². The first-order chi connectivity index (χ1) is 8.76. The quantitative estimate of drug-likeness (QED) is 0.648. The van der Waals surface area contributed by atoms with Crippen LogP contribution in [-0.2, 0) is 0 Å². The molecule has 1 aliphatic heterocycles. The molecule has 0 spiro atoms. The van der Waals surface area contributed by atoms with Crippen LogP contribution in [0.2, 0.25) is 0 Å². The molecule has 1 saturated heterocycles. The van der Waals surface area contributed by atoms with Gasteiger partial charge in [0.05, 0.1) is 0 Å². The topological polar surface area (TPSA) is 24.1 Å². The SMILES string of the molecule is CCCC1(CNCCC(C)C2CCCNC2)CC1. The molecule has 0 aromatic heterocycles. The van der Waals surface area contributed by atoms with Crippen molar-refractivity contribution in [2.24, 2.45) is 17.3 Å². The summed E-state index contributed by atoms with van der Waals surface area (Å²) in [6, 6.07) is 0. The van der Waals surface area contributed by atoms with Gasteiger partial charge in [-0.1, -0.05) is 20.3 Å². The lowest BCUT2D eigenvalue weighted by Gasteiger charge is -2.28. The molecule has 1 heterocycles. The number of hydrogen-bond acceptors (Lipinski definition) is 2. The maximum absolute atomic E-state index is 3.72. The fraction of sp³-hybridized carbons (Fsp3) is 1.00. The molecule has 2 heteroatoms. The number of piperidine rings is 1. The third-order valence-corrected chi connectivity index (χ3v) is 5.15. The van der Waals surface area contributed by atoms with Crippen LogP contribution in [0.4, 0.5) is 0 Å². The third kappa shape index (κ3) is 4.24. The molecule has 2 fully saturated rings. The van der Waals surface area contributed by atoms with E-state index in [9.17, 15) is 0 Å². The van der Waals surface area contributed by atoms with Crippen molar-refractivity contribution in [3.63, 3.8) is 0 Å². The van der Waals surface area contributed by atoms with Crippen LogP contribution in [0.1, 0.15) is 58.8 Å². The molecule has 2 aliphatic rings. The van der Waals surface area contributed by atoms with E-state index in [0.29, 0.717) is 5.41 Å². The minimum absolute atomic E-state index is 0.713. The second kappa shape index (κ2) is 6.91. The van der Waals surface area contributed by atoms with E-state index in [1.807, 2.05) is 0 Å². The van der Waals surface area contributed by atoms with Gasteiger partial charge in [0.15, 0.2) is 0 Å². The molecule has 2 N–H and O–H groups in total. The molecule has 106 valence electrons. The van der Waals surface area contributed by atoms with E-state index in [-0.39, 0.29) is 0 Å². The zero-order valence-electron chi connectivity index (χ0n) is 12.4. The van der Waals surface area contributed by atoms with Crippen LogP contribution in [-0.4, -0.2) is 26.2 Å². The van der Waals surface area contributed by atoms with Crippen molar-refractivity contribution in [1.82, 2.24) is 10.6 Å². The van der Waals surface area contributed by atoms with Gasteiger partial charge < -0.3 is 10.6 Å². The first-order valence-electron chi connectivity index (χ1n) is 8.17. The van der Waals surface area contributed by atoms with Crippen molar-refractivity contribution in [2.75, 3.05) is 26.2 Å². The predicted octanol–water partition coefficient (Wildman–Crippen LogP) is 3.18. The Kier molecular flexibility index (Phi) is 5.50. The lowest BCUT2D eigenvalue weighted by Crippen LogP contribution is -2.34. The Balaban J connectivity index is 1.54. The number of nitrogens with one attached hydrogen (secondary N) is 2. The first kappa shape index (κ1) is 14.3. The summed E-state index contributed by atoms with van der Waals surface area (Å²) >= 11 is 0. The lowest BCUT2D eigenvalue weighted by molar-refractivity contribution is 0.264. The molecule has 0 amide bonds. The highest BCUT2D eigenvalue weighted by atomic mass is 14.9. The summed E-state index contributed by atoms with van der Waals surface area (Å²) in [6.45, 7) is 9.75. The van der Waals surface area contributed by atoms with Crippen LogP contribution in [0.5, 0.6) is 0 Å². The maximum Gasteiger partial charge on any atom is 0.000781 e. The maximum atomic E-state index is 3.72. The van der Waals surface area contributed by atoms with Gasteiger partial charge >= 0.3 is 0 Å². The van der Waals surface area contributed by atoms with Crippen molar-refractivity contribution < 1.29 is 0 Å². The summed E-state index contributed by atoms with van der Waals surface area (Å²) in [7, 11) is 0. The van der Waals surface area contributed by atoms with Gasteiger partial charge in [-0.05, 0) is 75.4 Å². The van der Waals surface area contributed by atoms with E-state index in [0.717, 1.165) is 11.8 Å². The fourth-order valence-electron chi connectivity index (χ4n) is 3.51. The monoisotopic (exact) mass is 252 g/mol. The Labute approximate surface area is 113 Å². The van der Waals surface area contributed by atoms with Crippen LogP contribution in [0, 0.1) is 17.3 Å². The Bertz CT molecular complexity index is 229. The molecule has 0 aromatic carbocycles. The largest absolute Gasteiger partial charge is 0.316 e. The summed E-state index contributed by atoms with van der Waals surface area (Å²) in [5.41, 5.74) is 0.713. The van der Waals surface area contributed by atoms with Gasteiger partial charge in [-0.3, -0.25) is 0 Å². The summed E-state index contributed by atoms with van der Waals surface area (Å²) in [6.07, 6.45) is 9.89. The van der Waals surface area contributed by atoms with Gasteiger partial charge in [0.2, 0.25) is 0 Å². The zero-order valence-corrected chi connectivity index (χ0v) is 12.4. The van der Waals surface area contributed by atoms with Crippen molar-refractivity contribution in [3.8, 4) is 0 Å². The van der Waals surface area contributed by atoms with Crippen molar-refractivity contribution >= 4 is 0 Å². The molecular formula is C16H32N2. The summed E-state index contributed by atoms with van der Waals surface area (Å²) in [5.74, 6) is 1.80. The van der Waals surface area contributed by atoms with Crippen molar-refractivity contribution in [3.05, 3.63) is 0 Å². The van der Waals surface area contributed by atoms with Crippen molar-refractivity contribution in [1.29, 1.82) is 0 Å². The van der Waals surface area contributed by atoms with Gasteiger partial charge in [-0.2, -0.15) is 0 Å². The van der Waals surface area contributed by atoms with Gasteiger partial charge in [0, 0.05) is 6.54 Å². The zero-order chi connectivity index (χ0) is 12.8. The molecule has 0 radical (unpaired) electrons. The van der Waals surface area contributed by atoms with Gasteiger partial charge in [0.1, 0.15) is 0 Å². The van der Waals surface area contributed by atoms with Gasteiger partial charge in [0.25, 0.3) is 0 Å². The van der Waals surface area contributed by atoms with Crippen LogP contribution < -0.4 is 10.6 Å². The summed E-state index contributed by atoms with van der Waals surface area (Å²) < 4.78 is 0. The fourth-order valence-corrected chi connectivity index (χ4v) is 3.51. The van der Waals surface area contributed by atoms with Gasteiger partial charge in [-0.15, -0.1) is 0 Å². The van der Waals surface area contributed by atoms with E-state index in [4.69, 9.17) is 0 Å². The van der Waals surface area contributed by atoms with Crippen molar-refractivity contribution in [2.45, 2.75) is 58.8 Å². The Morgan fingerprint density at radius 1 is 1.39 bits per heavy atom. The van der Waals surface area contributed by atoms with Crippen LogP contribution in [0.15, 0.2) is 0 Å². The predicted molar refractivity (Wildman–Crippen MR) is 78.8 cm³/mol.